The summed E-state index contributed by atoms with van der Waals surface area (Å²) in [5.41, 5.74) is 0. The summed E-state index contributed by atoms with van der Waals surface area (Å²) in [6.45, 7) is 0.683. The Morgan fingerprint density at radius 2 is 2.36 bits per heavy atom. The van der Waals surface area contributed by atoms with E-state index in [0.717, 1.165) is 6.42 Å². The quantitative estimate of drug-likeness (QED) is 0.542. The van der Waals surface area contributed by atoms with Crippen molar-refractivity contribution < 1.29 is 14.7 Å². The van der Waals surface area contributed by atoms with Crippen LogP contribution in [0.3, 0.4) is 0 Å². The van der Waals surface area contributed by atoms with E-state index in [1.54, 1.807) is 7.05 Å². The van der Waals surface area contributed by atoms with Gasteiger partial charge in [-0.2, -0.15) is 0 Å². The van der Waals surface area contributed by atoms with Gasteiger partial charge < -0.3 is 10.0 Å². The standard InChI is InChI=1S/C7H11NO3/c1-8-4-2-3-5(6(8)9)7(10)11/h5H,2-4H2,1H3,(H,10,11)/t5-/m0/s1. The first-order valence-electron chi connectivity index (χ1n) is 3.60. The van der Waals surface area contributed by atoms with Crippen molar-refractivity contribution in [3.63, 3.8) is 0 Å². The Hall–Kier alpha value is -1.06. The molecular formula is C7H11NO3. The molecule has 0 radical (unpaired) electrons. The maximum atomic E-state index is 11.1. The van der Waals surface area contributed by atoms with E-state index in [4.69, 9.17) is 5.11 Å². The molecule has 11 heavy (non-hydrogen) atoms. The monoisotopic (exact) mass is 157 g/mol. The number of carboxylic acid groups (broad SMARTS) is 1. The van der Waals surface area contributed by atoms with Gasteiger partial charge in [0.1, 0.15) is 5.92 Å². The van der Waals surface area contributed by atoms with Crippen molar-refractivity contribution in [3.8, 4) is 0 Å². The Balaban J connectivity index is 2.66. The van der Waals surface area contributed by atoms with E-state index in [9.17, 15) is 9.59 Å². The second-order valence-corrected chi connectivity index (χ2v) is 2.79. The van der Waals surface area contributed by atoms with Crippen LogP contribution < -0.4 is 0 Å². The zero-order valence-electron chi connectivity index (χ0n) is 6.41. The predicted octanol–water partition coefficient (Wildman–Crippen LogP) is -0.0606. The minimum Gasteiger partial charge on any atom is -0.481 e. The van der Waals surface area contributed by atoms with Crippen LogP contribution in [-0.2, 0) is 9.59 Å². The molecule has 1 aliphatic heterocycles. The van der Waals surface area contributed by atoms with E-state index < -0.39 is 11.9 Å². The van der Waals surface area contributed by atoms with Crippen molar-refractivity contribution in [2.45, 2.75) is 12.8 Å². The number of likely N-dealkylation sites (tertiary alicyclic amines) is 1. The van der Waals surface area contributed by atoms with Crippen LogP contribution in [0, 0.1) is 5.92 Å². The molecule has 1 saturated heterocycles. The highest BCUT2D eigenvalue weighted by Crippen LogP contribution is 2.16. The van der Waals surface area contributed by atoms with Crippen molar-refractivity contribution in [1.82, 2.24) is 4.90 Å². The van der Waals surface area contributed by atoms with Crippen LogP contribution in [-0.4, -0.2) is 35.5 Å². The van der Waals surface area contributed by atoms with Crippen LogP contribution in [0.2, 0.25) is 0 Å². The highest BCUT2D eigenvalue weighted by Gasteiger charge is 2.31. The third-order valence-electron chi connectivity index (χ3n) is 1.96. The molecule has 0 aromatic heterocycles. The molecule has 0 aromatic rings. The van der Waals surface area contributed by atoms with Gasteiger partial charge in [0.2, 0.25) is 5.91 Å². The Morgan fingerprint density at radius 1 is 1.73 bits per heavy atom. The molecule has 4 nitrogen and oxygen atoms in total. The van der Waals surface area contributed by atoms with Gasteiger partial charge in [0, 0.05) is 13.6 Å². The molecule has 1 aliphatic rings. The van der Waals surface area contributed by atoms with Gasteiger partial charge in [-0.05, 0) is 12.8 Å². The SMILES string of the molecule is CN1CCC[C@H](C(=O)O)C1=O. The third-order valence-corrected chi connectivity index (χ3v) is 1.96. The number of nitrogens with zero attached hydrogens (tertiary/aromatic N) is 1. The second-order valence-electron chi connectivity index (χ2n) is 2.79. The molecule has 0 bridgehead atoms. The van der Waals surface area contributed by atoms with E-state index in [-0.39, 0.29) is 5.91 Å². The average Bonchev–Trinajstić information content (AvgIpc) is 1.94. The van der Waals surface area contributed by atoms with Crippen LogP contribution in [0.15, 0.2) is 0 Å². The molecular weight excluding hydrogens is 146 g/mol. The van der Waals surface area contributed by atoms with Gasteiger partial charge in [-0.1, -0.05) is 0 Å². The summed E-state index contributed by atoms with van der Waals surface area (Å²) in [6.07, 6.45) is 1.28. The summed E-state index contributed by atoms with van der Waals surface area (Å²) in [6, 6.07) is 0. The number of carbonyl (C=O) groups excluding carboxylic acids is 1. The number of carbonyl (C=O) groups is 2. The molecule has 1 fully saturated rings. The van der Waals surface area contributed by atoms with Gasteiger partial charge in [-0.3, -0.25) is 9.59 Å². The summed E-state index contributed by atoms with van der Waals surface area (Å²) in [4.78, 5) is 23.0. The van der Waals surface area contributed by atoms with Crippen LogP contribution >= 0.6 is 0 Å². The maximum absolute atomic E-state index is 11.1. The largest absolute Gasteiger partial charge is 0.481 e. The Labute approximate surface area is 64.8 Å². The molecule has 1 amide bonds. The summed E-state index contributed by atoms with van der Waals surface area (Å²) in [5, 5.41) is 8.58. The number of amides is 1. The lowest BCUT2D eigenvalue weighted by atomic mass is 9.98. The van der Waals surface area contributed by atoms with Crippen LogP contribution in [0.25, 0.3) is 0 Å². The average molecular weight is 157 g/mol. The molecule has 0 spiro atoms. The molecule has 1 atom stereocenters. The van der Waals surface area contributed by atoms with E-state index >= 15 is 0 Å². The number of hydrogen-bond donors (Lipinski definition) is 1. The normalized spacial score (nSPS) is 25.4. The van der Waals surface area contributed by atoms with Gasteiger partial charge in [0.25, 0.3) is 0 Å². The van der Waals surface area contributed by atoms with Crippen molar-refractivity contribution in [2.75, 3.05) is 13.6 Å². The third kappa shape index (κ3) is 1.50. The van der Waals surface area contributed by atoms with Crippen LogP contribution in [0.4, 0.5) is 0 Å². The summed E-state index contributed by atoms with van der Waals surface area (Å²) < 4.78 is 0. The minimum atomic E-state index is -0.999. The predicted molar refractivity (Wildman–Crippen MR) is 38.0 cm³/mol. The smallest absolute Gasteiger partial charge is 0.316 e. The Bertz CT molecular complexity index is 190. The topological polar surface area (TPSA) is 57.6 Å². The van der Waals surface area contributed by atoms with E-state index in [1.165, 1.54) is 4.90 Å². The number of piperidine rings is 1. The van der Waals surface area contributed by atoms with E-state index in [2.05, 4.69) is 0 Å². The first-order valence-corrected chi connectivity index (χ1v) is 3.60. The highest BCUT2D eigenvalue weighted by molar-refractivity contribution is 5.97. The summed E-state index contributed by atoms with van der Waals surface area (Å²) in [7, 11) is 1.64. The Kier molecular flexibility index (Phi) is 2.12. The molecule has 1 N–H and O–H groups in total. The van der Waals surface area contributed by atoms with Gasteiger partial charge in [0.05, 0.1) is 0 Å². The fraction of sp³-hybridized carbons (Fsp3) is 0.714. The lowest BCUT2D eigenvalue weighted by molar-refractivity contribution is -0.152. The van der Waals surface area contributed by atoms with Gasteiger partial charge in [-0.15, -0.1) is 0 Å². The molecule has 1 rings (SSSR count). The van der Waals surface area contributed by atoms with Gasteiger partial charge in [-0.25, -0.2) is 0 Å². The van der Waals surface area contributed by atoms with Crippen molar-refractivity contribution >= 4 is 11.9 Å². The molecule has 4 heteroatoms. The molecule has 62 valence electrons. The first kappa shape index (κ1) is 8.04. The van der Waals surface area contributed by atoms with Crippen molar-refractivity contribution in [3.05, 3.63) is 0 Å². The van der Waals surface area contributed by atoms with E-state index in [0.29, 0.717) is 13.0 Å². The molecule has 0 saturated carbocycles. The van der Waals surface area contributed by atoms with Crippen molar-refractivity contribution in [2.24, 2.45) is 5.92 Å². The molecule has 1 heterocycles. The molecule has 0 unspecified atom stereocenters. The van der Waals surface area contributed by atoms with Gasteiger partial charge in [0.15, 0.2) is 0 Å². The Morgan fingerprint density at radius 3 is 2.82 bits per heavy atom. The van der Waals surface area contributed by atoms with E-state index in [1.807, 2.05) is 0 Å². The fourth-order valence-corrected chi connectivity index (χ4v) is 1.26. The van der Waals surface area contributed by atoms with Crippen LogP contribution in [0.1, 0.15) is 12.8 Å². The molecule has 0 aromatic carbocycles. The number of hydrogen-bond acceptors (Lipinski definition) is 2. The van der Waals surface area contributed by atoms with Gasteiger partial charge >= 0.3 is 5.97 Å². The number of carboxylic acids is 1. The fourth-order valence-electron chi connectivity index (χ4n) is 1.26. The minimum absolute atomic E-state index is 0.260. The van der Waals surface area contributed by atoms with Crippen LogP contribution in [0.5, 0.6) is 0 Å². The zero-order valence-corrected chi connectivity index (χ0v) is 6.41. The maximum Gasteiger partial charge on any atom is 0.316 e. The number of rotatable bonds is 1. The molecule has 0 aliphatic carbocycles. The van der Waals surface area contributed by atoms with Crippen molar-refractivity contribution in [1.29, 1.82) is 0 Å². The lowest BCUT2D eigenvalue weighted by Gasteiger charge is -2.26. The number of aliphatic carboxylic acids is 1. The lowest BCUT2D eigenvalue weighted by Crippen LogP contribution is -2.41. The first-order chi connectivity index (χ1) is 5.13. The summed E-state index contributed by atoms with van der Waals surface area (Å²) in [5.74, 6) is -2.06. The second kappa shape index (κ2) is 2.90. The zero-order chi connectivity index (χ0) is 8.43. The summed E-state index contributed by atoms with van der Waals surface area (Å²) >= 11 is 0. The highest BCUT2D eigenvalue weighted by atomic mass is 16.4.